The quantitative estimate of drug-likeness (QED) is 0.532. The molecule has 0 atom stereocenters. The van der Waals surface area contributed by atoms with Crippen LogP contribution in [0.4, 0.5) is 0 Å². The van der Waals surface area contributed by atoms with E-state index in [2.05, 4.69) is 0 Å². The minimum atomic E-state index is -0.405. The lowest BCUT2D eigenvalue weighted by Crippen LogP contribution is -2.24. The highest BCUT2D eigenvalue weighted by Gasteiger charge is 2.16. The van der Waals surface area contributed by atoms with Gasteiger partial charge in [0.25, 0.3) is 0 Å². The molecule has 1 rings (SSSR count). The van der Waals surface area contributed by atoms with E-state index in [-0.39, 0.29) is 28.4 Å². The summed E-state index contributed by atoms with van der Waals surface area (Å²) < 4.78 is 0. The number of carbonyl (C=O) groups excluding carboxylic acids is 2. The molecule has 0 aromatic rings. The number of nitrogens with two attached hydrogens (primary N) is 2. The van der Waals surface area contributed by atoms with Crippen LogP contribution in [0.15, 0.2) is 23.5 Å². The zero-order chi connectivity index (χ0) is 7.72. The van der Waals surface area contributed by atoms with E-state index in [9.17, 15) is 9.59 Å². The Morgan fingerprint density at radius 1 is 0.909 bits per heavy atom. The van der Waals surface area contributed by atoms with Crippen molar-refractivity contribution < 1.29 is 9.59 Å². The van der Waals surface area contributed by atoms with Gasteiger partial charge in [-0.15, -0.1) is 17.0 Å². The van der Waals surface area contributed by atoms with Gasteiger partial charge in [0.05, 0.1) is 0 Å². The van der Waals surface area contributed by atoms with Crippen molar-refractivity contribution in [2.24, 2.45) is 11.5 Å². The summed E-state index contributed by atoms with van der Waals surface area (Å²) in [4.78, 5) is 21.3. The zero-order valence-electron chi connectivity index (χ0n) is 5.53. The molecule has 0 saturated carbocycles. The number of hydrogen-bond donors (Lipinski definition) is 2. The smallest absolute Gasteiger partial charge is 0.203 e. The molecule has 60 valence electrons. The van der Waals surface area contributed by atoms with Crippen molar-refractivity contribution in [3.8, 4) is 0 Å². The van der Waals surface area contributed by atoms with Gasteiger partial charge >= 0.3 is 0 Å². The molecule has 0 bridgehead atoms. The third-order valence-electron chi connectivity index (χ3n) is 1.21. The maximum Gasteiger partial charge on any atom is 0.203 e. The van der Waals surface area contributed by atoms with Gasteiger partial charge in [0.2, 0.25) is 11.6 Å². The maximum absolute atomic E-state index is 10.6. The van der Waals surface area contributed by atoms with Crippen LogP contribution in [0.3, 0.4) is 0 Å². The molecule has 1 aliphatic carbocycles. The summed E-state index contributed by atoms with van der Waals surface area (Å²) in [5, 5.41) is 0. The third kappa shape index (κ3) is 1.68. The van der Waals surface area contributed by atoms with E-state index in [0.717, 1.165) is 12.2 Å². The Balaban J connectivity index is 0.000001000. The van der Waals surface area contributed by atoms with Gasteiger partial charge in [-0.05, 0) is 12.2 Å². The minimum Gasteiger partial charge on any atom is -0.394 e. The van der Waals surface area contributed by atoms with Gasteiger partial charge in [-0.2, -0.15) is 0 Å². The van der Waals surface area contributed by atoms with Crippen molar-refractivity contribution in [3.63, 3.8) is 0 Å². The molecule has 0 aliphatic heterocycles. The lowest BCUT2D eigenvalue weighted by atomic mass is 10.1. The Kier molecular flexibility index (Phi) is 3.00. The van der Waals surface area contributed by atoms with Gasteiger partial charge in [-0.3, -0.25) is 9.59 Å². The highest BCUT2D eigenvalue weighted by molar-refractivity contribution is 8.93. The first kappa shape index (κ1) is 9.90. The number of ketones is 2. The van der Waals surface area contributed by atoms with Crippen molar-refractivity contribution in [2.45, 2.75) is 0 Å². The van der Waals surface area contributed by atoms with Crippen LogP contribution in [0, 0.1) is 0 Å². The van der Waals surface area contributed by atoms with Crippen molar-refractivity contribution in [2.75, 3.05) is 0 Å². The van der Waals surface area contributed by atoms with Gasteiger partial charge in [0.1, 0.15) is 11.4 Å². The molecular weight excluding hydrogens is 212 g/mol. The van der Waals surface area contributed by atoms with E-state index < -0.39 is 11.6 Å². The fourth-order valence-electron chi connectivity index (χ4n) is 0.596. The van der Waals surface area contributed by atoms with Crippen LogP contribution >= 0.6 is 17.0 Å². The second-order valence-electron chi connectivity index (χ2n) is 1.89. The first-order valence-electron chi connectivity index (χ1n) is 2.65. The van der Waals surface area contributed by atoms with Gasteiger partial charge in [0, 0.05) is 0 Å². The second kappa shape index (κ2) is 3.34. The Bertz CT molecular complexity index is 242. The van der Waals surface area contributed by atoms with Crippen LogP contribution in [0.25, 0.3) is 0 Å². The zero-order valence-corrected chi connectivity index (χ0v) is 7.25. The first-order chi connectivity index (χ1) is 4.63. The van der Waals surface area contributed by atoms with Crippen LogP contribution in [-0.2, 0) is 9.59 Å². The Labute approximate surface area is 73.7 Å². The van der Waals surface area contributed by atoms with E-state index >= 15 is 0 Å². The number of rotatable bonds is 0. The highest BCUT2D eigenvalue weighted by Crippen LogP contribution is 2.03. The minimum absolute atomic E-state index is 0. The van der Waals surface area contributed by atoms with E-state index in [0.29, 0.717) is 0 Å². The van der Waals surface area contributed by atoms with Crippen molar-refractivity contribution in [3.05, 3.63) is 23.5 Å². The molecule has 1 aliphatic rings. The van der Waals surface area contributed by atoms with Crippen molar-refractivity contribution in [1.82, 2.24) is 0 Å². The van der Waals surface area contributed by atoms with Crippen molar-refractivity contribution in [1.29, 1.82) is 0 Å². The number of carbonyl (C=O) groups is 2. The number of allylic oxidation sites excluding steroid dienone is 2. The maximum atomic E-state index is 10.6. The van der Waals surface area contributed by atoms with E-state index in [1.165, 1.54) is 0 Å². The first-order valence-corrected chi connectivity index (χ1v) is 2.65. The lowest BCUT2D eigenvalue weighted by Gasteiger charge is -2.04. The standard InChI is InChI=1S/C6H6N2O2.BrH/c7-5-3(9)1-2-4(10)6(5)8;/h1-2H,7-8H2;1H. The summed E-state index contributed by atoms with van der Waals surface area (Å²) >= 11 is 0. The van der Waals surface area contributed by atoms with E-state index in [4.69, 9.17) is 11.5 Å². The van der Waals surface area contributed by atoms with Gasteiger partial charge in [0.15, 0.2) is 0 Å². The predicted octanol–water partition coefficient (Wildman–Crippen LogP) is -0.599. The molecule has 0 aromatic carbocycles. The summed E-state index contributed by atoms with van der Waals surface area (Å²) in [6.45, 7) is 0. The molecule has 0 aromatic heterocycles. The molecule has 11 heavy (non-hydrogen) atoms. The Morgan fingerprint density at radius 3 is 1.45 bits per heavy atom. The molecule has 4 N–H and O–H groups in total. The largest absolute Gasteiger partial charge is 0.394 e. The molecular formula is C6H7BrN2O2. The molecule has 4 nitrogen and oxygen atoms in total. The van der Waals surface area contributed by atoms with Gasteiger partial charge < -0.3 is 11.5 Å². The topological polar surface area (TPSA) is 86.2 Å². The average Bonchev–Trinajstić information content (AvgIpc) is 1.93. The van der Waals surface area contributed by atoms with Gasteiger partial charge in [-0.25, -0.2) is 0 Å². The fourth-order valence-corrected chi connectivity index (χ4v) is 0.596. The fraction of sp³-hybridized carbons (Fsp3) is 0. The summed E-state index contributed by atoms with van der Waals surface area (Å²) in [6.07, 6.45) is 2.21. The monoisotopic (exact) mass is 218 g/mol. The molecule has 0 radical (unpaired) electrons. The van der Waals surface area contributed by atoms with Crippen LogP contribution in [0.1, 0.15) is 0 Å². The Morgan fingerprint density at radius 2 is 1.18 bits per heavy atom. The highest BCUT2D eigenvalue weighted by atomic mass is 79.9. The summed E-state index contributed by atoms with van der Waals surface area (Å²) in [5.41, 5.74) is 9.97. The molecule has 0 fully saturated rings. The second-order valence-corrected chi connectivity index (χ2v) is 1.89. The SMILES string of the molecule is Br.NC1=C(N)C(=O)C=CC1=O. The predicted molar refractivity (Wildman–Crippen MR) is 44.9 cm³/mol. The lowest BCUT2D eigenvalue weighted by molar-refractivity contribution is -0.115. The Hall–Kier alpha value is -1.10. The van der Waals surface area contributed by atoms with Crippen LogP contribution in [0.2, 0.25) is 0 Å². The molecule has 0 unspecified atom stereocenters. The average molecular weight is 219 g/mol. The number of hydrogen-bond acceptors (Lipinski definition) is 4. The molecule has 0 spiro atoms. The van der Waals surface area contributed by atoms with Crippen molar-refractivity contribution >= 4 is 28.5 Å². The van der Waals surface area contributed by atoms with Gasteiger partial charge in [-0.1, -0.05) is 0 Å². The third-order valence-corrected chi connectivity index (χ3v) is 1.21. The van der Waals surface area contributed by atoms with Crippen LogP contribution < -0.4 is 11.5 Å². The van der Waals surface area contributed by atoms with Crippen LogP contribution in [0.5, 0.6) is 0 Å². The normalized spacial score (nSPS) is 16.7. The van der Waals surface area contributed by atoms with E-state index in [1.807, 2.05) is 0 Å². The molecule has 0 saturated heterocycles. The van der Waals surface area contributed by atoms with E-state index in [1.54, 1.807) is 0 Å². The molecule has 0 heterocycles. The van der Waals surface area contributed by atoms with Crippen LogP contribution in [-0.4, -0.2) is 11.6 Å². The summed E-state index contributed by atoms with van der Waals surface area (Å²) in [5.74, 6) is -0.811. The summed E-state index contributed by atoms with van der Waals surface area (Å²) in [7, 11) is 0. The molecule has 5 heteroatoms. The molecule has 0 amide bonds. The summed E-state index contributed by atoms with van der Waals surface area (Å²) in [6, 6.07) is 0. The number of halogens is 1.